The average molecular weight is 682 g/mol. The van der Waals surface area contributed by atoms with Crippen molar-refractivity contribution in [2.75, 3.05) is 66.1 Å². The first kappa shape index (κ1) is 33.5. The number of piperazine rings is 1. The van der Waals surface area contributed by atoms with Crippen molar-refractivity contribution >= 4 is 39.4 Å². The number of nitrogens with zero attached hydrogens (tertiary/aromatic N) is 5. The van der Waals surface area contributed by atoms with Crippen LogP contribution in [0.1, 0.15) is 54.4 Å². The minimum Gasteiger partial charge on any atom is -0.493 e. The van der Waals surface area contributed by atoms with Gasteiger partial charge in [-0.3, -0.25) is 9.79 Å². The fourth-order valence-corrected chi connectivity index (χ4v) is 7.99. The van der Waals surface area contributed by atoms with Gasteiger partial charge in [0, 0.05) is 50.6 Å². The van der Waals surface area contributed by atoms with Crippen molar-refractivity contribution in [3.05, 3.63) is 65.7 Å². The van der Waals surface area contributed by atoms with Gasteiger partial charge in [0.1, 0.15) is 10.8 Å². The fraction of sp³-hybridized carbons (Fsp3) is 0.462. The van der Waals surface area contributed by atoms with Crippen LogP contribution in [0.15, 0.2) is 59.6 Å². The highest BCUT2D eigenvalue weighted by atomic mass is 32.1. The molecule has 0 radical (unpaired) electrons. The molecule has 0 aliphatic carbocycles. The number of thiazole rings is 1. The maximum Gasteiger partial charge on any atom is 0.256 e. The summed E-state index contributed by atoms with van der Waals surface area (Å²) in [5.74, 6) is 2.46. The van der Waals surface area contributed by atoms with Crippen molar-refractivity contribution in [2.24, 2.45) is 4.99 Å². The molecule has 10 heteroatoms. The zero-order chi connectivity index (χ0) is 33.6. The van der Waals surface area contributed by atoms with Crippen LogP contribution in [0.3, 0.4) is 0 Å². The largest absolute Gasteiger partial charge is 0.493 e. The Balaban J connectivity index is 0.782. The molecule has 4 aromatic rings. The normalized spacial score (nSPS) is 18.0. The summed E-state index contributed by atoms with van der Waals surface area (Å²) in [6, 6.07) is 18.4. The van der Waals surface area contributed by atoms with Gasteiger partial charge in [-0.05, 0) is 100 Å². The highest BCUT2D eigenvalue weighted by Gasteiger charge is 2.32. The van der Waals surface area contributed by atoms with Gasteiger partial charge in [0.15, 0.2) is 11.5 Å². The number of para-hydroxylation sites is 1. The number of fused-ring (bicyclic) bond motifs is 3. The van der Waals surface area contributed by atoms with E-state index in [1.165, 1.54) is 4.70 Å². The summed E-state index contributed by atoms with van der Waals surface area (Å²) in [5, 5.41) is 0.993. The molecule has 2 fully saturated rings. The van der Waals surface area contributed by atoms with Crippen LogP contribution in [0.25, 0.3) is 20.8 Å². The Kier molecular flexibility index (Phi) is 10.7. The number of methoxy groups -OCH3 is 1. The molecule has 0 bridgehead atoms. The van der Waals surface area contributed by atoms with Gasteiger partial charge in [-0.25, -0.2) is 4.98 Å². The third-order valence-electron chi connectivity index (χ3n) is 9.89. The summed E-state index contributed by atoms with van der Waals surface area (Å²) >= 11 is 1.70. The summed E-state index contributed by atoms with van der Waals surface area (Å²) in [6.07, 6.45) is 8.20. The number of hydrogen-bond acceptors (Lipinski definition) is 9. The van der Waals surface area contributed by atoms with E-state index >= 15 is 0 Å². The van der Waals surface area contributed by atoms with Gasteiger partial charge >= 0.3 is 0 Å². The molecule has 3 aromatic carbocycles. The molecule has 49 heavy (non-hydrogen) atoms. The van der Waals surface area contributed by atoms with Gasteiger partial charge in [0.2, 0.25) is 0 Å². The van der Waals surface area contributed by atoms with Crippen molar-refractivity contribution in [2.45, 2.75) is 51.5 Å². The molecule has 0 spiro atoms. The van der Waals surface area contributed by atoms with E-state index in [1.54, 1.807) is 18.4 Å². The predicted octanol–water partition coefficient (Wildman–Crippen LogP) is 7.24. The van der Waals surface area contributed by atoms with E-state index in [1.807, 2.05) is 42.3 Å². The van der Waals surface area contributed by atoms with Crippen LogP contribution in [-0.4, -0.2) is 104 Å². The van der Waals surface area contributed by atoms with E-state index < -0.39 is 0 Å². The average Bonchev–Trinajstić information content (AvgIpc) is 3.76. The first-order valence-corrected chi connectivity index (χ1v) is 18.6. The molecular weight excluding hydrogens is 635 g/mol. The third-order valence-corrected chi connectivity index (χ3v) is 11.0. The molecule has 0 unspecified atom stereocenters. The monoisotopic (exact) mass is 681 g/mol. The summed E-state index contributed by atoms with van der Waals surface area (Å²) in [6.45, 7) is 10.8. The maximum atomic E-state index is 13.1. The number of aliphatic imine (C=N–C) groups is 1. The lowest BCUT2D eigenvalue weighted by Crippen LogP contribution is -2.46. The number of carbonyl (C=O) groups is 1. The molecule has 1 aromatic heterocycles. The van der Waals surface area contributed by atoms with Crippen molar-refractivity contribution in [1.29, 1.82) is 0 Å². The summed E-state index contributed by atoms with van der Waals surface area (Å²) < 4.78 is 19.2. The molecule has 0 N–H and O–H groups in total. The second-order valence-electron chi connectivity index (χ2n) is 13.3. The zero-order valence-electron chi connectivity index (χ0n) is 28.7. The number of carbonyl (C=O) groups excluding carboxylic acids is 1. The summed E-state index contributed by atoms with van der Waals surface area (Å²) in [4.78, 5) is 29.6. The van der Waals surface area contributed by atoms with Crippen LogP contribution in [0.5, 0.6) is 17.2 Å². The lowest BCUT2D eigenvalue weighted by molar-refractivity contribution is 0.0774. The van der Waals surface area contributed by atoms with Crippen LogP contribution >= 0.6 is 11.3 Å². The zero-order valence-corrected chi connectivity index (χ0v) is 29.6. The Morgan fingerprint density at radius 2 is 1.57 bits per heavy atom. The number of hydrogen-bond donors (Lipinski definition) is 0. The van der Waals surface area contributed by atoms with E-state index in [9.17, 15) is 4.79 Å². The number of amides is 1. The first-order valence-electron chi connectivity index (χ1n) is 17.8. The van der Waals surface area contributed by atoms with Crippen LogP contribution in [-0.2, 0) is 0 Å². The topological polar surface area (TPSA) is 79.7 Å². The van der Waals surface area contributed by atoms with Gasteiger partial charge in [-0.15, -0.1) is 11.3 Å². The Labute approximate surface area is 293 Å². The van der Waals surface area contributed by atoms with Crippen molar-refractivity contribution < 1.29 is 19.0 Å². The fourth-order valence-electron chi connectivity index (χ4n) is 7.03. The Bertz CT molecular complexity index is 1750. The molecule has 3 aliphatic heterocycles. The van der Waals surface area contributed by atoms with Crippen molar-refractivity contribution in [3.8, 4) is 27.8 Å². The standard InChI is InChI=1S/C39H47N5O4S/c1-28-24-31-33(40-27-30-10-9-17-44(30)39(31)45)26-35(28)47-22-7-5-15-42-18-20-43(21-19-42)16-6-8-23-48-36-25-29(13-14-34(36)46-2)38-41-32-11-3-4-12-37(32)49-38/h3-4,11-14,24-27,30H,5-10,15-23H2,1-2H3/t30-/m0/s1. The molecule has 3 aliphatic rings. The molecule has 1 amide bonds. The smallest absolute Gasteiger partial charge is 0.256 e. The summed E-state index contributed by atoms with van der Waals surface area (Å²) in [5.41, 5.74) is 4.50. The minimum absolute atomic E-state index is 0.0961. The van der Waals surface area contributed by atoms with Gasteiger partial charge in [0.05, 0.1) is 47.8 Å². The van der Waals surface area contributed by atoms with Gasteiger partial charge < -0.3 is 28.9 Å². The van der Waals surface area contributed by atoms with E-state index in [2.05, 4.69) is 45.1 Å². The van der Waals surface area contributed by atoms with E-state index in [0.29, 0.717) is 18.8 Å². The quantitative estimate of drug-likeness (QED) is 0.130. The number of aryl methyl sites for hydroxylation is 1. The van der Waals surface area contributed by atoms with Gasteiger partial charge in [-0.2, -0.15) is 0 Å². The highest BCUT2D eigenvalue weighted by Crippen LogP contribution is 2.37. The SMILES string of the molecule is COc1ccc(-c2nc3ccccc3s2)cc1OCCCCN1CCN(CCCCOc2cc3c(cc2C)C(=O)N2CCC[C@H]2C=N3)CC1. The first-order chi connectivity index (χ1) is 24.1. The maximum absolute atomic E-state index is 13.1. The molecule has 2 saturated heterocycles. The van der Waals surface area contributed by atoms with Crippen LogP contribution in [0.2, 0.25) is 0 Å². The van der Waals surface area contributed by atoms with E-state index in [0.717, 1.165) is 129 Å². The number of benzene rings is 3. The molecular formula is C39H47N5O4S. The Hall–Kier alpha value is -3.99. The molecule has 4 heterocycles. The highest BCUT2D eigenvalue weighted by molar-refractivity contribution is 7.21. The predicted molar refractivity (Wildman–Crippen MR) is 197 cm³/mol. The van der Waals surface area contributed by atoms with Gasteiger partial charge in [0.25, 0.3) is 5.91 Å². The van der Waals surface area contributed by atoms with E-state index in [4.69, 9.17) is 19.2 Å². The number of aromatic nitrogens is 1. The molecule has 258 valence electrons. The molecule has 1 atom stereocenters. The number of ether oxygens (including phenoxy) is 3. The van der Waals surface area contributed by atoms with E-state index in [-0.39, 0.29) is 11.9 Å². The minimum atomic E-state index is 0.0961. The van der Waals surface area contributed by atoms with Crippen LogP contribution in [0, 0.1) is 6.92 Å². The molecule has 0 saturated carbocycles. The van der Waals surface area contributed by atoms with Crippen molar-refractivity contribution in [3.63, 3.8) is 0 Å². The third kappa shape index (κ3) is 7.92. The number of rotatable bonds is 14. The van der Waals surface area contributed by atoms with Crippen molar-refractivity contribution in [1.82, 2.24) is 19.7 Å². The Morgan fingerprint density at radius 3 is 2.31 bits per heavy atom. The summed E-state index contributed by atoms with van der Waals surface area (Å²) in [7, 11) is 1.69. The molecule has 9 nitrogen and oxygen atoms in total. The lowest BCUT2D eigenvalue weighted by atomic mass is 10.1. The molecule has 7 rings (SSSR count). The van der Waals surface area contributed by atoms with Crippen LogP contribution < -0.4 is 14.2 Å². The van der Waals surface area contributed by atoms with Crippen LogP contribution in [0.4, 0.5) is 5.69 Å². The Morgan fingerprint density at radius 1 is 0.837 bits per heavy atom. The second-order valence-corrected chi connectivity index (χ2v) is 14.3. The van der Waals surface area contributed by atoms with Gasteiger partial charge in [-0.1, -0.05) is 12.1 Å². The number of unbranched alkanes of at least 4 members (excludes halogenated alkanes) is 2. The second kappa shape index (κ2) is 15.7. The lowest BCUT2D eigenvalue weighted by Gasteiger charge is -2.34.